The Morgan fingerprint density at radius 3 is 2.38 bits per heavy atom. The van der Waals surface area contributed by atoms with Gasteiger partial charge in [0.1, 0.15) is 0 Å². The van der Waals surface area contributed by atoms with E-state index in [-0.39, 0.29) is 29.3 Å². The number of ketones is 1. The number of Topliss-reactive ketones (excluding diaryl/α,β-unsaturated/α-hetero) is 1. The predicted octanol–water partition coefficient (Wildman–Crippen LogP) is 2.79. The molecule has 1 fully saturated rings. The molecule has 9 heteroatoms. The van der Waals surface area contributed by atoms with Gasteiger partial charge in [-0.05, 0) is 49.4 Å². The highest BCUT2D eigenvalue weighted by Crippen LogP contribution is 2.20. The third-order valence-electron chi connectivity index (χ3n) is 4.46. The highest BCUT2D eigenvalue weighted by atomic mass is 35.5. The van der Waals surface area contributed by atoms with Crippen molar-refractivity contribution in [3.63, 3.8) is 0 Å². The molecular formula is C20H20ClNO6S. The van der Waals surface area contributed by atoms with Crippen LogP contribution >= 0.6 is 11.6 Å². The van der Waals surface area contributed by atoms with Crippen LogP contribution in [-0.2, 0) is 19.5 Å². The molecule has 0 radical (unpaired) electrons. The number of carbonyl (C=O) groups excluding carboxylic acids is 2. The molecule has 0 aliphatic carbocycles. The smallest absolute Gasteiger partial charge is 0.338 e. The van der Waals surface area contributed by atoms with E-state index in [2.05, 4.69) is 0 Å². The summed E-state index contributed by atoms with van der Waals surface area (Å²) in [6.45, 7) is 2.62. The zero-order chi connectivity index (χ0) is 21.0. The number of benzene rings is 2. The van der Waals surface area contributed by atoms with Crippen molar-refractivity contribution in [2.75, 3.05) is 26.3 Å². The number of rotatable bonds is 6. The first kappa shape index (κ1) is 21.4. The Hall–Kier alpha value is -2.26. The van der Waals surface area contributed by atoms with E-state index in [0.717, 1.165) is 0 Å². The van der Waals surface area contributed by atoms with Crippen LogP contribution in [0.1, 0.15) is 27.6 Å². The van der Waals surface area contributed by atoms with E-state index < -0.39 is 22.1 Å². The summed E-state index contributed by atoms with van der Waals surface area (Å²) in [7, 11) is -3.74. The monoisotopic (exact) mass is 437 g/mol. The number of nitrogens with zero attached hydrogens (tertiary/aromatic N) is 1. The molecule has 0 spiro atoms. The summed E-state index contributed by atoms with van der Waals surface area (Å²) in [6.07, 6.45) is -1.04. The highest BCUT2D eigenvalue weighted by molar-refractivity contribution is 7.89. The number of carbonyl (C=O) groups is 2. The number of esters is 1. The molecule has 0 N–H and O–H groups in total. The van der Waals surface area contributed by atoms with E-state index in [4.69, 9.17) is 21.1 Å². The van der Waals surface area contributed by atoms with Crippen molar-refractivity contribution in [1.29, 1.82) is 0 Å². The summed E-state index contributed by atoms with van der Waals surface area (Å²) in [5.41, 5.74) is 0.411. The largest absolute Gasteiger partial charge is 0.451 e. The van der Waals surface area contributed by atoms with Gasteiger partial charge in [-0.15, -0.1) is 0 Å². The second-order valence-corrected chi connectivity index (χ2v) is 8.84. The van der Waals surface area contributed by atoms with Crippen LogP contribution in [0.25, 0.3) is 0 Å². The fourth-order valence-electron chi connectivity index (χ4n) is 2.85. The lowest BCUT2D eigenvalue weighted by atomic mass is 10.1. The van der Waals surface area contributed by atoms with Gasteiger partial charge in [0.25, 0.3) is 0 Å². The SMILES string of the molecule is C[C@H](OC(=O)c1cccc(S(=O)(=O)N2CCOCC2)c1)C(=O)c1ccc(Cl)cc1. The van der Waals surface area contributed by atoms with Crippen LogP contribution in [0.4, 0.5) is 0 Å². The van der Waals surface area contributed by atoms with Crippen LogP contribution < -0.4 is 0 Å². The summed E-state index contributed by atoms with van der Waals surface area (Å²) in [5.74, 6) is -1.16. The second-order valence-electron chi connectivity index (χ2n) is 6.46. The molecule has 1 aliphatic rings. The number of halogens is 1. The van der Waals surface area contributed by atoms with E-state index >= 15 is 0 Å². The lowest BCUT2D eigenvalue weighted by Gasteiger charge is -2.26. The zero-order valence-electron chi connectivity index (χ0n) is 15.7. The normalized spacial score (nSPS) is 16.2. The Kier molecular flexibility index (Phi) is 6.69. The van der Waals surface area contributed by atoms with Crippen molar-refractivity contribution in [2.45, 2.75) is 17.9 Å². The fraction of sp³-hybridized carbons (Fsp3) is 0.300. The maximum atomic E-state index is 12.8. The van der Waals surface area contributed by atoms with Gasteiger partial charge in [0.2, 0.25) is 15.8 Å². The molecule has 0 amide bonds. The topological polar surface area (TPSA) is 90.0 Å². The molecular weight excluding hydrogens is 418 g/mol. The van der Waals surface area contributed by atoms with Crippen molar-refractivity contribution in [1.82, 2.24) is 4.31 Å². The first-order valence-corrected chi connectivity index (χ1v) is 10.8. The molecule has 3 rings (SSSR count). The molecule has 0 bridgehead atoms. The summed E-state index contributed by atoms with van der Waals surface area (Å²) in [5, 5.41) is 0.490. The average molecular weight is 438 g/mol. The Morgan fingerprint density at radius 1 is 1.07 bits per heavy atom. The minimum atomic E-state index is -3.74. The Bertz CT molecular complexity index is 1000. The number of hydrogen-bond donors (Lipinski definition) is 0. The van der Waals surface area contributed by atoms with E-state index in [0.29, 0.717) is 23.8 Å². The molecule has 0 aromatic heterocycles. The lowest BCUT2D eigenvalue weighted by Crippen LogP contribution is -2.40. The van der Waals surface area contributed by atoms with E-state index in [1.165, 1.54) is 35.5 Å². The quantitative estimate of drug-likeness (QED) is 0.510. The van der Waals surface area contributed by atoms with Crippen molar-refractivity contribution in [2.24, 2.45) is 0 Å². The first-order valence-electron chi connectivity index (χ1n) is 8.98. The third-order valence-corrected chi connectivity index (χ3v) is 6.61. The number of morpholine rings is 1. The van der Waals surface area contributed by atoms with Crippen LogP contribution in [0.2, 0.25) is 5.02 Å². The second kappa shape index (κ2) is 9.04. The molecule has 7 nitrogen and oxygen atoms in total. The van der Waals surface area contributed by atoms with Crippen LogP contribution in [0.15, 0.2) is 53.4 Å². The molecule has 2 aromatic rings. The van der Waals surface area contributed by atoms with Gasteiger partial charge in [0.15, 0.2) is 6.10 Å². The molecule has 1 saturated heterocycles. The van der Waals surface area contributed by atoms with Gasteiger partial charge in [-0.25, -0.2) is 13.2 Å². The summed E-state index contributed by atoms with van der Waals surface area (Å²) >= 11 is 5.81. The first-order chi connectivity index (χ1) is 13.8. The van der Waals surface area contributed by atoms with Gasteiger partial charge in [-0.1, -0.05) is 17.7 Å². The van der Waals surface area contributed by atoms with Crippen molar-refractivity contribution < 1.29 is 27.5 Å². The number of hydrogen-bond acceptors (Lipinski definition) is 6. The Labute approximate surface area is 174 Å². The summed E-state index contributed by atoms with van der Waals surface area (Å²) < 4.78 is 37.3. The maximum Gasteiger partial charge on any atom is 0.338 e. The highest BCUT2D eigenvalue weighted by Gasteiger charge is 2.27. The zero-order valence-corrected chi connectivity index (χ0v) is 17.3. The van der Waals surface area contributed by atoms with E-state index in [9.17, 15) is 18.0 Å². The van der Waals surface area contributed by atoms with Gasteiger partial charge in [0, 0.05) is 23.7 Å². The van der Waals surface area contributed by atoms with Crippen molar-refractivity contribution >= 4 is 33.4 Å². The third kappa shape index (κ3) is 5.02. The minimum Gasteiger partial charge on any atom is -0.451 e. The number of ether oxygens (including phenoxy) is 2. The van der Waals surface area contributed by atoms with Crippen molar-refractivity contribution in [3.05, 3.63) is 64.7 Å². The molecule has 154 valence electrons. The maximum absolute atomic E-state index is 12.8. The summed E-state index contributed by atoms with van der Waals surface area (Å²) in [6, 6.07) is 11.8. The molecule has 2 aromatic carbocycles. The standard InChI is InChI=1S/C20H20ClNO6S/c1-14(19(23)15-5-7-17(21)8-6-15)28-20(24)16-3-2-4-18(13-16)29(25,26)22-9-11-27-12-10-22/h2-8,13-14H,9-12H2,1H3/t14-/m0/s1. The summed E-state index contributed by atoms with van der Waals surface area (Å²) in [4.78, 5) is 24.9. The minimum absolute atomic E-state index is 0.00877. The molecule has 0 saturated carbocycles. The van der Waals surface area contributed by atoms with Gasteiger partial charge >= 0.3 is 5.97 Å². The van der Waals surface area contributed by atoms with Gasteiger partial charge in [-0.2, -0.15) is 4.31 Å². The van der Waals surface area contributed by atoms with Crippen LogP contribution in [0.3, 0.4) is 0 Å². The Balaban J connectivity index is 1.73. The van der Waals surface area contributed by atoms with E-state index in [1.807, 2.05) is 0 Å². The molecule has 29 heavy (non-hydrogen) atoms. The lowest BCUT2D eigenvalue weighted by molar-refractivity contribution is 0.0318. The Morgan fingerprint density at radius 2 is 1.72 bits per heavy atom. The van der Waals surface area contributed by atoms with Gasteiger partial charge < -0.3 is 9.47 Å². The van der Waals surface area contributed by atoms with Crippen LogP contribution in [-0.4, -0.2) is 56.9 Å². The molecule has 1 heterocycles. The molecule has 0 unspecified atom stereocenters. The van der Waals surface area contributed by atoms with Gasteiger partial charge in [0.05, 0.1) is 23.7 Å². The number of sulfonamides is 1. The predicted molar refractivity (Wildman–Crippen MR) is 107 cm³/mol. The van der Waals surface area contributed by atoms with Crippen molar-refractivity contribution in [3.8, 4) is 0 Å². The average Bonchev–Trinajstić information content (AvgIpc) is 2.74. The molecule has 1 aliphatic heterocycles. The van der Waals surface area contributed by atoms with Crippen LogP contribution in [0.5, 0.6) is 0 Å². The van der Waals surface area contributed by atoms with Crippen LogP contribution in [0, 0.1) is 0 Å². The molecule has 1 atom stereocenters. The van der Waals surface area contributed by atoms with Gasteiger partial charge in [-0.3, -0.25) is 4.79 Å². The fourth-order valence-corrected chi connectivity index (χ4v) is 4.43. The van der Waals surface area contributed by atoms with E-state index in [1.54, 1.807) is 24.3 Å².